The molecule has 10 nitrogen and oxygen atoms in total. The second kappa shape index (κ2) is 11.9. The first kappa shape index (κ1) is 27.9. The molecule has 0 bridgehead atoms. The SMILES string of the molecule is CC#CCn1c(N2CCC[C@@H](/N=C/C3CCCCC3)C2)nc2c1c(=O)n(Cc1nc(C)c3ccccc3n1)c(=O)n2C. The van der Waals surface area contributed by atoms with Crippen LogP contribution in [0, 0.1) is 24.7 Å². The van der Waals surface area contributed by atoms with Crippen molar-refractivity contribution >= 4 is 34.2 Å². The fraction of sp³-hybridized carbons (Fsp3) is 0.500. The molecule has 3 aromatic heterocycles. The molecule has 0 radical (unpaired) electrons. The topological polar surface area (TPSA) is 103 Å². The highest BCUT2D eigenvalue weighted by molar-refractivity contribution is 5.80. The van der Waals surface area contributed by atoms with Crippen LogP contribution in [0.5, 0.6) is 0 Å². The summed E-state index contributed by atoms with van der Waals surface area (Å²) in [6.07, 6.45) is 10.6. The van der Waals surface area contributed by atoms with E-state index in [0.717, 1.165) is 42.5 Å². The Morgan fingerprint density at radius 3 is 2.64 bits per heavy atom. The van der Waals surface area contributed by atoms with Crippen molar-refractivity contribution in [1.29, 1.82) is 0 Å². The first-order valence-electron chi connectivity index (χ1n) is 15.0. The van der Waals surface area contributed by atoms with Gasteiger partial charge in [0.2, 0.25) is 5.95 Å². The molecule has 6 rings (SSSR count). The summed E-state index contributed by atoms with van der Waals surface area (Å²) in [6.45, 7) is 5.49. The van der Waals surface area contributed by atoms with Crippen LogP contribution in [0.3, 0.4) is 0 Å². The molecule has 1 saturated carbocycles. The van der Waals surface area contributed by atoms with E-state index in [1.165, 1.54) is 41.2 Å². The van der Waals surface area contributed by atoms with Crippen LogP contribution in [0.1, 0.15) is 63.4 Å². The number of imidazole rings is 1. The Morgan fingerprint density at radius 1 is 1.02 bits per heavy atom. The second-order valence-electron chi connectivity index (χ2n) is 11.5. The number of hydrogen-bond acceptors (Lipinski definition) is 7. The Bertz CT molecular complexity index is 1830. The van der Waals surface area contributed by atoms with Gasteiger partial charge in [0.05, 0.1) is 24.6 Å². The van der Waals surface area contributed by atoms with Gasteiger partial charge in [-0.2, -0.15) is 4.98 Å². The lowest BCUT2D eigenvalue weighted by Gasteiger charge is -2.32. The number of aliphatic imine (C=N–C) groups is 1. The van der Waals surface area contributed by atoms with Gasteiger partial charge >= 0.3 is 5.69 Å². The summed E-state index contributed by atoms with van der Waals surface area (Å²) in [5.74, 6) is 7.73. The van der Waals surface area contributed by atoms with Crippen molar-refractivity contribution in [3.8, 4) is 11.8 Å². The van der Waals surface area contributed by atoms with Crippen LogP contribution in [0.15, 0.2) is 38.8 Å². The number of anilines is 1. The first-order chi connectivity index (χ1) is 20.4. The van der Waals surface area contributed by atoms with Gasteiger partial charge in [0.25, 0.3) is 5.56 Å². The molecule has 0 unspecified atom stereocenters. The Kier molecular flexibility index (Phi) is 7.92. The van der Waals surface area contributed by atoms with Crippen LogP contribution >= 0.6 is 0 Å². The van der Waals surface area contributed by atoms with Crippen LogP contribution < -0.4 is 16.1 Å². The normalized spacial score (nSPS) is 18.2. The van der Waals surface area contributed by atoms with Gasteiger partial charge in [-0.25, -0.2) is 14.8 Å². The fourth-order valence-corrected chi connectivity index (χ4v) is 6.34. The van der Waals surface area contributed by atoms with Gasteiger partial charge in [-0.05, 0) is 51.5 Å². The number of piperidine rings is 1. The zero-order valence-corrected chi connectivity index (χ0v) is 24.7. The van der Waals surface area contributed by atoms with E-state index >= 15 is 0 Å². The maximum absolute atomic E-state index is 14.0. The van der Waals surface area contributed by atoms with E-state index in [4.69, 9.17) is 9.98 Å². The monoisotopic (exact) mass is 566 g/mol. The van der Waals surface area contributed by atoms with E-state index in [9.17, 15) is 9.59 Å². The van der Waals surface area contributed by atoms with Gasteiger partial charge in [-0.3, -0.25) is 23.5 Å². The average molecular weight is 567 g/mol. The lowest BCUT2D eigenvalue weighted by molar-refractivity contribution is 0.439. The van der Waals surface area contributed by atoms with Crippen molar-refractivity contribution in [2.24, 2.45) is 18.0 Å². The molecule has 1 aliphatic heterocycles. The van der Waals surface area contributed by atoms with Gasteiger partial charge in [-0.1, -0.05) is 43.4 Å². The zero-order chi connectivity index (χ0) is 29.2. The highest BCUT2D eigenvalue weighted by Gasteiger charge is 2.27. The van der Waals surface area contributed by atoms with E-state index in [1.807, 2.05) is 35.8 Å². The minimum absolute atomic E-state index is 0.0330. The molecule has 1 saturated heterocycles. The van der Waals surface area contributed by atoms with Gasteiger partial charge in [-0.15, -0.1) is 5.92 Å². The molecule has 218 valence electrons. The van der Waals surface area contributed by atoms with E-state index in [1.54, 1.807) is 14.0 Å². The number of fused-ring (bicyclic) bond motifs is 2. The van der Waals surface area contributed by atoms with Crippen LogP contribution in [-0.4, -0.2) is 54.0 Å². The summed E-state index contributed by atoms with van der Waals surface area (Å²) in [7, 11) is 1.66. The minimum atomic E-state index is -0.451. The Hall–Kier alpha value is -4.26. The second-order valence-corrected chi connectivity index (χ2v) is 11.5. The smallest absolute Gasteiger partial charge is 0.332 e. The van der Waals surface area contributed by atoms with Crippen molar-refractivity contribution in [3.63, 3.8) is 0 Å². The summed E-state index contributed by atoms with van der Waals surface area (Å²) >= 11 is 0. The van der Waals surface area contributed by atoms with Gasteiger partial charge in [0.1, 0.15) is 5.82 Å². The molecule has 4 aromatic rings. The third-order valence-corrected chi connectivity index (χ3v) is 8.60. The number of hydrogen-bond donors (Lipinski definition) is 0. The van der Waals surface area contributed by atoms with E-state index < -0.39 is 11.2 Å². The average Bonchev–Trinajstić information content (AvgIpc) is 3.40. The fourth-order valence-electron chi connectivity index (χ4n) is 6.34. The molecule has 0 spiro atoms. The molecule has 1 aromatic carbocycles. The van der Waals surface area contributed by atoms with E-state index in [0.29, 0.717) is 35.4 Å². The number of aryl methyl sites for hydroxylation is 2. The molecule has 10 heteroatoms. The summed E-state index contributed by atoms with van der Waals surface area (Å²) in [4.78, 5) is 48.9. The zero-order valence-electron chi connectivity index (χ0n) is 24.7. The predicted octanol–water partition coefficient (Wildman–Crippen LogP) is 3.84. The Morgan fingerprint density at radius 2 is 1.83 bits per heavy atom. The molecular weight excluding hydrogens is 528 g/mol. The highest BCUT2D eigenvalue weighted by Crippen LogP contribution is 2.26. The molecule has 42 heavy (non-hydrogen) atoms. The number of rotatable bonds is 6. The molecule has 0 amide bonds. The van der Waals surface area contributed by atoms with Crippen molar-refractivity contribution in [2.45, 2.75) is 77.9 Å². The lowest BCUT2D eigenvalue weighted by Crippen LogP contribution is -2.40. The van der Waals surface area contributed by atoms with Crippen LogP contribution in [0.4, 0.5) is 5.95 Å². The lowest BCUT2D eigenvalue weighted by atomic mass is 9.90. The van der Waals surface area contributed by atoms with E-state index in [-0.39, 0.29) is 12.6 Å². The van der Waals surface area contributed by atoms with Crippen molar-refractivity contribution in [3.05, 3.63) is 56.6 Å². The number of benzene rings is 1. The summed E-state index contributed by atoms with van der Waals surface area (Å²) in [5.41, 5.74) is 1.44. The van der Waals surface area contributed by atoms with Crippen molar-refractivity contribution in [1.82, 2.24) is 28.7 Å². The number of nitrogens with zero attached hydrogens (tertiary/aromatic N) is 8. The Balaban J connectivity index is 1.39. The van der Waals surface area contributed by atoms with Crippen LogP contribution in [-0.2, 0) is 20.1 Å². The van der Waals surface area contributed by atoms with Crippen molar-refractivity contribution < 1.29 is 0 Å². The maximum atomic E-state index is 14.0. The maximum Gasteiger partial charge on any atom is 0.332 e. The Labute approximate surface area is 245 Å². The molecular formula is C32H38N8O2. The molecule has 0 N–H and O–H groups in total. The number of aromatic nitrogens is 6. The number of para-hydroxylation sites is 1. The molecule has 1 aliphatic carbocycles. The molecule has 1 atom stereocenters. The summed E-state index contributed by atoms with van der Waals surface area (Å²) in [5, 5.41) is 0.945. The van der Waals surface area contributed by atoms with Gasteiger partial charge in [0, 0.05) is 37.4 Å². The van der Waals surface area contributed by atoms with E-state index in [2.05, 4.69) is 32.9 Å². The minimum Gasteiger partial charge on any atom is -0.340 e. The third-order valence-electron chi connectivity index (χ3n) is 8.60. The summed E-state index contributed by atoms with van der Waals surface area (Å²) < 4.78 is 4.52. The quantitative estimate of drug-likeness (QED) is 0.260. The predicted molar refractivity (Wildman–Crippen MR) is 166 cm³/mol. The van der Waals surface area contributed by atoms with Crippen LogP contribution in [0.2, 0.25) is 0 Å². The van der Waals surface area contributed by atoms with Crippen LogP contribution in [0.25, 0.3) is 22.1 Å². The van der Waals surface area contributed by atoms with Gasteiger partial charge in [0.15, 0.2) is 11.2 Å². The molecule has 2 aliphatic rings. The standard InChI is InChI=1S/C32H38N8O2/c1-4-5-18-39-28-29(36-31(39)38-17-11-14-24(20-38)33-19-23-12-7-6-8-13-23)37(3)32(42)40(30(28)41)21-27-34-22(2)25-15-9-10-16-26(25)35-27/h9-10,15-16,19,23-24H,6-8,11-14,17-18,20-21H2,1-3H3/b33-19+/t24-/m1/s1. The largest absolute Gasteiger partial charge is 0.340 e. The molecule has 4 heterocycles. The van der Waals surface area contributed by atoms with Crippen molar-refractivity contribution in [2.75, 3.05) is 18.0 Å². The first-order valence-corrected chi connectivity index (χ1v) is 15.0. The van der Waals surface area contributed by atoms with Gasteiger partial charge < -0.3 is 4.90 Å². The molecule has 2 fully saturated rings. The third kappa shape index (κ3) is 5.36. The summed E-state index contributed by atoms with van der Waals surface area (Å²) in [6, 6.07) is 7.91. The highest BCUT2D eigenvalue weighted by atomic mass is 16.2.